The van der Waals surface area contributed by atoms with E-state index in [9.17, 15) is 31.4 Å². The molecular weight excluding hydrogens is 397 g/mol. The minimum absolute atomic E-state index is 0.0954. The van der Waals surface area contributed by atoms with Gasteiger partial charge in [0.2, 0.25) is 0 Å². The van der Waals surface area contributed by atoms with E-state index in [0.29, 0.717) is 17.6 Å². The van der Waals surface area contributed by atoms with E-state index in [-0.39, 0.29) is 17.2 Å². The summed E-state index contributed by atoms with van der Waals surface area (Å²) in [5.41, 5.74) is -4.27. The Morgan fingerprint density at radius 1 is 0.724 bits per heavy atom. The molecule has 0 saturated heterocycles. The van der Waals surface area contributed by atoms with E-state index in [1.54, 1.807) is 27.7 Å². The normalized spacial score (nSPS) is 13.5. The van der Waals surface area contributed by atoms with Gasteiger partial charge in [0.05, 0.1) is 22.3 Å². The minimum atomic E-state index is -4.90. The molecule has 157 valence electrons. The van der Waals surface area contributed by atoms with Crippen LogP contribution in [0, 0.1) is 0 Å². The first-order chi connectivity index (χ1) is 13.0. The first-order valence-corrected chi connectivity index (χ1v) is 8.64. The fraction of sp³-hybridized carbons (Fsp3) is 0.400. The fourth-order valence-electron chi connectivity index (χ4n) is 2.24. The van der Waals surface area contributed by atoms with Crippen LogP contribution in [0.3, 0.4) is 0 Å². The molecule has 0 aliphatic carbocycles. The van der Waals surface area contributed by atoms with Crippen molar-refractivity contribution in [3.05, 3.63) is 53.6 Å². The second-order valence-electron chi connectivity index (χ2n) is 7.72. The zero-order valence-corrected chi connectivity index (χ0v) is 16.2. The monoisotopic (exact) mass is 417 g/mol. The summed E-state index contributed by atoms with van der Waals surface area (Å²) in [7, 11) is 1.37. The molecule has 1 radical (unpaired) electrons. The molecule has 0 atom stereocenters. The number of rotatable bonds is 5. The van der Waals surface area contributed by atoms with E-state index in [4.69, 9.17) is 4.65 Å². The van der Waals surface area contributed by atoms with E-state index in [1.165, 1.54) is 31.7 Å². The van der Waals surface area contributed by atoms with Gasteiger partial charge in [-0.15, -0.1) is 0 Å². The number of hydrogen-bond acceptors (Lipinski definition) is 2. The molecule has 0 aliphatic rings. The molecule has 0 fully saturated rings. The molecule has 0 saturated carbocycles. The van der Waals surface area contributed by atoms with Crippen LogP contribution in [0.1, 0.15) is 38.8 Å². The summed E-state index contributed by atoms with van der Waals surface area (Å²) in [5, 5.41) is 10.1. The Hall–Kier alpha value is -2.00. The maximum absolute atomic E-state index is 13.0. The van der Waals surface area contributed by atoms with E-state index < -0.39 is 34.7 Å². The average molecular weight is 417 g/mol. The molecule has 0 spiro atoms. The predicted octanol–water partition coefficient (Wildman–Crippen LogP) is 5.20. The molecule has 29 heavy (non-hydrogen) atoms. The lowest BCUT2D eigenvalue weighted by atomic mass is 9.82. The number of benzene rings is 2. The van der Waals surface area contributed by atoms with Gasteiger partial charge in [-0.2, -0.15) is 26.3 Å². The van der Waals surface area contributed by atoms with E-state index in [0.717, 1.165) is 0 Å². The van der Waals surface area contributed by atoms with Crippen molar-refractivity contribution >= 4 is 12.9 Å². The second-order valence-corrected chi connectivity index (χ2v) is 7.72. The van der Waals surface area contributed by atoms with Gasteiger partial charge >= 0.3 is 19.8 Å². The smallest absolute Gasteiger partial charge is 0.416 e. The first kappa shape index (κ1) is 23.3. The van der Waals surface area contributed by atoms with Crippen LogP contribution in [0.25, 0.3) is 11.1 Å². The zero-order chi connectivity index (χ0) is 22.3. The van der Waals surface area contributed by atoms with Crippen LogP contribution < -0.4 is 5.46 Å². The molecule has 0 amide bonds. The molecule has 0 aromatic heterocycles. The van der Waals surface area contributed by atoms with Crippen molar-refractivity contribution in [3.63, 3.8) is 0 Å². The van der Waals surface area contributed by atoms with Gasteiger partial charge in [0, 0.05) is 0 Å². The standard InChI is InChI=1S/C20H20BF6O2/c1-17(2,28)18(3,4)29-21-16-7-5-12(6-8-16)13-9-14(19(22,23)24)11-15(10-13)20(25,26)27/h5-11,28H,1-4H3. The molecule has 2 nitrogen and oxygen atoms in total. The molecule has 0 heterocycles. The van der Waals surface area contributed by atoms with Gasteiger partial charge in [-0.25, -0.2) is 0 Å². The van der Waals surface area contributed by atoms with Crippen molar-refractivity contribution in [2.45, 2.75) is 51.2 Å². The lowest BCUT2D eigenvalue weighted by Gasteiger charge is -2.37. The number of alkyl halides is 6. The van der Waals surface area contributed by atoms with Crippen LogP contribution in [0.5, 0.6) is 0 Å². The molecule has 2 rings (SSSR count). The lowest BCUT2D eigenvalue weighted by molar-refractivity contribution is -0.143. The Morgan fingerprint density at radius 2 is 1.17 bits per heavy atom. The molecule has 0 bridgehead atoms. The largest absolute Gasteiger partial charge is 0.427 e. The summed E-state index contributed by atoms with van der Waals surface area (Å²) >= 11 is 0. The summed E-state index contributed by atoms with van der Waals surface area (Å²) in [4.78, 5) is 0. The van der Waals surface area contributed by atoms with Crippen molar-refractivity contribution in [2.75, 3.05) is 0 Å². The average Bonchev–Trinajstić information content (AvgIpc) is 2.57. The Morgan fingerprint density at radius 3 is 1.55 bits per heavy atom. The number of halogens is 6. The summed E-state index contributed by atoms with van der Waals surface area (Å²) < 4.78 is 83.7. The molecule has 1 N–H and O–H groups in total. The summed E-state index contributed by atoms with van der Waals surface area (Å²) in [6.45, 7) is 6.52. The Labute approximate surface area is 165 Å². The molecular formula is C20H20BF6O2. The third-order valence-corrected chi connectivity index (χ3v) is 4.79. The third kappa shape index (κ3) is 5.76. The Kier molecular flexibility index (Phi) is 6.17. The minimum Gasteiger partial charge on any atom is -0.427 e. The zero-order valence-electron chi connectivity index (χ0n) is 16.2. The quantitative estimate of drug-likeness (QED) is 0.535. The SMILES string of the molecule is CC(C)(O)C(C)(C)O[B]c1ccc(-c2cc(C(F)(F)F)cc(C(F)(F)F)c2)cc1. The highest BCUT2D eigenvalue weighted by atomic mass is 19.4. The van der Waals surface area contributed by atoms with Crippen LogP contribution in [-0.4, -0.2) is 23.8 Å². The van der Waals surface area contributed by atoms with Crippen LogP contribution in [0.4, 0.5) is 26.3 Å². The second kappa shape index (κ2) is 7.68. The highest BCUT2D eigenvalue weighted by Gasteiger charge is 2.37. The van der Waals surface area contributed by atoms with Crippen LogP contribution in [-0.2, 0) is 17.0 Å². The summed E-state index contributed by atoms with van der Waals surface area (Å²) in [6, 6.07) is 7.28. The maximum Gasteiger partial charge on any atom is 0.416 e. The highest BCUT2D eigenvalue weighted by molar-refractivity contribution is 6.47. The molecule has 9 heteroatoms. The van der Waals surface area contributed by atoms with Crippen molar-refractivity contribution in [1.82, 2.24) is 0 Å². The number of hydrogen-bond donors (Lipinski definition) is 1. The predicted molar refractivity (Wildman–Crippen MR) is 98.7 cm³/mol. The van der Waals surface area contributed by atoms with Crippen molar-refractivity contribution < 1.29 is 36.1 Å². The van der Waals surface area contributed by atoms with Crippen LogP contribution >= 0.6 is 0 Å². The third-order valence-electron chi connectivity index (χ3n) is 4.79. The van der Waals surface area contributed by atoms with E-state index in [2.05, 4.69) is 0 Å². The van der Waals surface area contributed by atoms with Gasteiger partial charge in [-0.3, -0.25) is 0 Å². The van der Waals surface area contributed by atoms with Gasteiger partial charge in [0.15, 0.2) is 0 Å². The topological polar surface area (TPSA) is 29.5 Å². The summed E-state index contributed by atoms with van der Waals surface area (Å²) in [6.07, 6.45) is -9.81. The lowest BCUT2D eigenvalue weighted by Crippen LogP contribution is -2.49. The Balaban J connectivity index is 2.32. The van der Waals surface area contributed by atoms with Gasteiger partial charge in [0.1, 0.15) is 0 Å². The van der Waals surface area contributed by atoms with Crippen molar-refractivity contribution in [1.29, 1.82) is 0 Å². The van der Waals surface area contributed by atoms with Crippen molar-refractivity contribution in [3.8, 4) is 11.1 Å². The molecule has 0 aliphatic heterocycles. The van der Waals surface area contributed by atoms with Crippen molar-refractivity contribution in [2.24, 2.45) is 0 Å². The molecule has 2 aromatic carbocycles. The Bertz CT molecular complexity index is 817. The van der Waals surface area contributed by atoms with Crippen LogP contribution in [0.2, 0.25) is 0 Å². The van der Waals surface area contributed by atoms with E-state index >= 15 is 0 Å². The molecule has 2 aromatic rings. The van der Waals surface area contributed by atoms with Gasteiger partial charge in [-0.05, 0) is 57.0 Å². The maximum atomic E-state index is 13.0. The highest BCUT2D eigenvalue weighted by Crippen LogP contribution is 2.38. The van der Waals surface area contributed by atoms with E-state index in [1.807, 2.05) is 0 Å². The fourth-order valence-corrected chi connectivity index (χ4v) is 2.24. The molecule has 0 unspecified atom stereocenters. The van der Waals surface area contributed by atoms with Gasteiger partial charge < -0.3 is 9.76 Å². The van der Waals surface area contributed by atoms with Crippen LogP contribution in [0.15, 0.2) is 42.5 Å². The first-order valence-electron chi connectivity index (χ1n) is 8.64. The van der Waals surface area contributed by atoms with Gasteiger partial charge in [0.25, 0.3) is 0 Å². The summed E-state index contributed by atoms with van der Waals surface area (Å²) in [5.74, 6) is 0. The van der Waals surface area contributed by atoms with Gasteiger partial charge in [-0.1, -0.05) is 29.7 Å². The number of aliphatic hydroxyl groups is 1.